The van der Waals surface area contributed by atoms with Gasteiger partial charge in [0, 0.05) is 12.6 Å². The molecule has 0 aliphatic heterocycles. The monoisotopic (exact) mass is 264 g/mol. The minimum atomic E-state index is -3.70. The van der Waals surface area contributed by atoms with Crippen LogP contribution in [0.5, 0.6) is 0 Å². The number of hydrogen-bond acceptors (Lipinski definition) is 4. The van der Waals surface area contributed by atoms with Crippen molar-refractivity contribution in [2.75, 3.05) is 6.54 Å². The second-order valence-corrected chi connectivity index (χ2v) is 5.05. The van der Waals surface area contributed by atoms with Gasteiger partial charge in [-0.3, -0.25) is 10.1 Å². The largest absolute Gasteiger partial charge is 0.289 e. The Hall–Kier alpha value is -1.18. The van der Waals surface area contributed by atoms with E-state index < -0.39 is 20.6 Å². The average Bonchev–Trinajstić information content (AvgIpc) is 2.17. The topological polar surface area (TPSA) is 89.3 Å². The molecule has 0 aliphatic carbocycles. The molecule has 88 valence electrons. The van der Waals surface area contributed by atoms with E-state index in [1.807, 2.05) is 0 Å². The number of halogens is 1. The molecule has 0 aromatic heterocycles. The molecule has 6 nitrogen and oxygen atoms in total. The maximum Gasteiger partial charge on any atom is 0.289 e. The fourth-order valence-electron chi connectivity index (χ4n) is 1.07. The molecule has 0 atom stereocenters. The zero-order chi connectivity index (χ0) is 12.3. The number of benzene rings is 1. The van der Waals surface area contributed by atoms with E-state index in [4.69, 9.17) is 11.6 Å². The third kappa shape index (κ3) is 2.69. The first kappa shape index (κ1) is 12.9. The van der Waals surface area contributed by atoms with E-state index in [9.17, 15) is 18.5 Å². The van der Waals surface area contributed by atoms with Crippen molar-refractivity contribution < 1.29 is 13.3 Å². The Morgan fingerprint density at radius 1 is 1.50 bits per heavy atom. The van der Waals surface area contributed by atoms with Gasteiger partial charge in [-0.2, -0.15) is 0 Å². The van der Waals surface area contributed by atoms with Crippen LogP contribution in [0.3, 0.4) is 0 Å². The molecule has 0 fully saturated rings. The van der Waals surface area contributed by atoms with Crippen LogP contribution in [0.25, 0.3) is 0 Å². The van der Waals surface area contributed by atoms with E-state index >= 15 is 0 Å². The third-order valence-corrected chi connectivity index (χ3v) is 3.62. The van der Waals surface area contributed by atoms with Gasteiger partial charge in [-0.05, 0) is 12.1 Å². The Balaban J connectivity index is 3.28. The number of nitro benzene ring substituents is 1. The van der Waals surface area contributed by atoms with Crippen molar-refractivity contribution in [1.29, 1.82) is 0 Å². The molecule has 16 heavy (non-hydrogen) atoms. The van der Waals surface area contributed by atoms with Gasteiger partial charge in [0.1, 0.15) is 5.02 Å². The molecule has 0 bridgehead atoms. The predicted molar refractivity (Wildman–Crippen MR) is 59.0 cm³/mol. The van der Waals surface area contributed by atoms with Gasteiger partial charge >= 0.3 is 0 Å². The van der Waals surface area contributed by atoms with E-state index in [0.29, 0.717) is 0 Å². The molecule has 1 rings (SSSR count). The summed E-state index contributed by atoms with van der Waals surface area (Å²) in [5, 5.41) is 10.5. The van der Waals surface area contributed by atoms with Crippen molar-refractivity contribution in [2.45, 2.75) is 11.8 Å². The summed E-state index contributed by atoms with van der Waals surface area (Å²) in [6, 6.07) is 3.33. The van der Waals surface area contributed by atoms with Crippen molar-refractivity contribution in [3.63, 3.8) is 0 Å². The average molecular weight is 265 g/mol. The number of nitrogens with zero attached hydrogens (tertiary/aromatic N) is 1. The molecule has 1 N–H and O–H groups in total. The summed E-state index contributed by atoms with van der Waals surface area (Å²) in [5.74, 6) is 0. The molecule has 0 amide bonds. The fourth-order valence-corrected chi connectivity index (χ4v) is 2.32. The third-order valence-electron chi connectivity index (χ3n) is 1.76. The van der Waals surface area contributed by atoms with Gasteiger partial charge in [-0.15, -0.1) is 0 Å². The Morgan fingerprint density at radius 2 is 2.12 bits per heavy atom. The predicted octanol–water partition coefficient (Wildman–Crippen LogP) is 1.55. The first-order valence-corrected chi connectivity index (χ1v) is 6.18. The molecule has 1 aromatic carbocycles. The van der Waals surface area contributed by atoms with Gasteiger partial charge in [0.25, 0.3) is 5.69 Å². The van der Waals surface area contributed by atoms with E-state index in [1.54, 1.807) is 6.92 Å². The van der Waals surface area contributed by atoms with Crippen LogP contribution in [0.2, 0.25) is 5.02 Å². The van der Waals surface area contributed by atoms with Crippen molar-refractivity contribution in [2.24, 2.45) is 0 Å². The van der Waals surface area contributed by atoms with Gasteiger partial charge in [0.05, 0.1) is 9.82 Å². The molecule has 0 aliphatic rings. The molecule has 8 heteroatoms. The summed E-state index contributed by atoms with van der Waals surface area (Å²) in [7, 11) is -3.70. The quantitative estimate of drug-likeness (QED) is 0.660. The lowest BCUT2D eigenvalue weighted by Crippen LogP contribution is -2.23. The lowest BCUT2D eigenvalue weighted by atomic mass is 10.3. The lowest BCUT2D eigenvalue weighted by molar-refractivity contribution is -0.384. The summed E-state index contributed by atoms with van der Waals surface area (Å²) in [6.45, 7) is 1.82. The highest BCUT2D eigenvalue weighted by atomic mass is 35.5. The highest BCUT2D eigenvalue weighted by molar-refractivity contribution is 7.89. The first-order valence-electron chi connectivity index (χ1n) is 4.32. The van der Waals surface area contributed by atoms with Gasteiger partial charge < -0.3 is 0 Å². The molecular weight excluding hydrogens is 256 g/mol. The molecule has 0 spiro atoms. The maximum atomic E-state index is 11.5. The number of nitrogens with one attached hydrogen (secondary N) is 1. The van der Waals surface area contributed by atoms with Crippen LogP contribution < -0.4 is 4.72 Å². The molecule has 0 saturated heterocycles. The van der Waals surface area contributed by atoms with Crippen LogP contribution >= 0.6 is 11.6 Å². The molecule has 0 radical (unpaired) electrons. The molecule has 0 saturated carbocycles. The summed E-state index contributed by atoms with van der Waals surface area (Å²) in [5.41, 5.74) is -0.430. The van der Waals surface area contributed by atoms with Crippen molar-refractivity contribution in [1.82, 2.24) is 4.72 Å². The van der Waals surface area contributed by atoms with Gasteiger partial charge in [-0.25, -0.2) is 13.1 Å². The van der Waals surface area contributed by atoms with Crippen molar-refractivity contribution >= 4 is 27.3 Å². The van der Waals surface area contributed by atoms with Crippen LogP contribution in [0.4, 0.5) is 5.69 Å². The Morgan fingerprint density at radius 3 is 2.62 bits per heavy atom. The lowest BCUT2D eigenvalue weighted by Gasteiger charge is -2.04. The standard InChI is InChI=1S/C8H9ClN2O4S/c1-2-10-16(14,15)6-3-4-7(9)8(5-6)11(12)13/h3-5,10H,2H2,1H3. The normalized spacial score (nSPS) is 11.4. The SMILES string of the molecule is CCNS(=O)(=O)c1ccc(Cl)c([N+](=O)[O-])c1. The number of hydrogen-bond donors (Lipinski definition) is 1. The summed E-state index contributed by atoms with van der Waals surface area (Å²) >= 11 is 5.56. The molecule has 1 aromatic rings. The number of sulfonamides is 1. The summed E-state index contributed by atoms with van der Waals surface area (Å²) in [6.07, 6.45) is 0. The van der Waals surface area contributed by atoms with E-state index in [-0.39, 0.29) is 16.5 Å². The van der Waals surface area contributed by atoms with E-state index in [0.717, 1.165) is 6.07 Å². The van der Waals surface area contributed by atoms with Gasteiger partial charge in [0.15, 0.2) is 0 Å². The Bertz CT molecular complexity index is 515. The van der Waals surface area contributed by atoms with Crippen molar-refractivity contribution in [3.05, 3.63) is 33.3 Å². The Labute approximate surface area is 97.4 Å². The second-order valence-electron chi connectivity index (χ2n) is 2.87. The van der Waals surface area contributed by atoms with Crippen LogP contribution in [0.15, 0.2) is 23.1 Å². The molecule has 0 unspecified atom stereocenters. The minimum Gasteiger partial charge on any atom is -0.258 e. The van der Waals surface area contributed by atoms with Gasteiger partial charge in [-0.1, -0.05) is 18.5 Å². The van der Waals surface area contributed by atoms with Crippen LogP contribution in [0, 0.1) is 10.1 Å². The number of nitro groups is 1. The maximum absolute atomic E-state index is 11.5. The molecule has 0 heterocycles. The zero-order valence-electron chi connectivity index (χ0n) is 8.31. The fraction of sp³-hybridized carbons (Fsp3) is 0.250. The highest BCUT2D eigenvalue weighted by Crippen LogP contribution is 2.26. The first-order chi connectivity index (χ1) is 7.38. The van der Waals surface area contributed by atoms with Crippen molar-refractivity contribution in [3.8, 4) is 0 Å². The van der Waals surface area contributed by atoms with Crippen LogP contribution in [0.1, 0.15) is 6.92 Å². The smallest absolute Gasteiger partial charge is 0.258 e. The molecular formula is C8H9ClN2O4S. The summed E-state index contributed by atoms with van der Waals surface area (Å²) < 4.78 is 25.3. The zero-order valence-corrected chi connectivity index (χ0v) is 9.88. The Kier molecular flexibility index (Phi) is 3.84. The van der Waals surface area contributed by atoms with Crippen LogP contribution in [-0.2, 0) is 10.0 Å². The summed E-state index contributed by atoms with van der Waals surface area (Å²) in [4.78, 5) is 9.66. The van der Waals surface area contributed by atoms with E-state index in [1.165, 1.54) is 12.1 Å². The minimum absolute atomic E-state index is 0.0968. The van der Waals surface area contributed by atoms with Crippen LogP contribution in [-0.4, -0.2) is 19.9 Å². The second kappa shape index (κ2) is 4.77. The van der Waals surface area contributed by atoms with Gasteiger partial charge in [0.2, 0.25) is 10.0 Å². The number of rotatable bonds is 4. The highest BCUT2D eigenvalue weighted by Gasteiger charge is 2.19. The van der Waals surface area contributed by atoms with E-state index in [2.05, 4.69) is 4.72 Å².